The first-order valence-electron chi connectivity index (χ1n) is 7.47. The van der Waals surface area contributed by atoms with Crippen molar-refractivity contribution in [1.82, 2.24) is 25.8 Å². The summed E-state index contributed by atoms with van der Waals surface area (Å²) < 4.78 is 0. The second-order valence-electron chi connectivity index (χ2n) is 5.47. The summed E-state index contributed by atoms with van der Waals surface area (Å²) in [7, 11) is 0. The number of nitrogens with one attached hydrogen (secondary N) is 3. The van der Waals surface area contributed by atoms with Gasteiger partial charge in [-0.3, -0.25) is 15.2 Å². The van der Waals surface area contributed by atoms with Gasteiger partial charge in [0.15, 0.2) is 5.82 Å². The lowest BCUT2D eigenvalue weighted by Crippen LogP contribution is -2.43. The molecule has 0 saturated heterocycles. The Labute approximate surface area is 148 Å². The molecule has 9 heteroatoms. The van der Waals surface area contributed by atoms with E-state index >= 15 is 0 Å². The number of halogens is 1. The fourth-order valence-corrected chi connectivity index (χ4v) is 2.76. The zero-order chi connectivity index (χ0) is 17.1. The Morgan fingerprint density at radius 3 is 2.71 bits per heavy atom. The van der Waals surface area contributed by atoms with Gasteiger partial charge in [0.2, 0.25) is 11.1 Å². The average Bonchev–Trinajstić information content (AvgIpc) is 3.23. The molecule has 1 aromatic carbocycles. The molecule has 1 heterocycles. The largest absolute Gasteiger partial charge is 0.335 e. The van der Waals surface area contributed by atoms with Crippen molar-refractivity contribution in [3.63, 3.8) is 0 Å². The molecule has 0 radical (unpaired) electrons. The second kappa shape index (κ2) is 7.23. The predicted octanol–water partition coefficient (Wildman–Crippen LogP) is 2.59. The van der Waals surface area contributed by atoms with Crippen molar-refractivity contribution in [2.24, 2.45) is 0 Å². The number of aromatic amines is 1. The summed E-state index contributed by atoms with van der Waals surface area (Å²) in [6, 6.07) is 6.94. The first-order valence-corrected chi connectivity index (χ1v) is 8.73. The van der Waals surface area contributed by atoms with Crippen LogP contribution in [0, 0.1) is 0 Å². The fourth-order valence-electron chi connectivity index (χ4n) is 1.91. The number of carbonyl (C=O) groups excluding carboxylic acids is 2. The van der Waals surface area contributed by atoms with Gasteiger partial charge in [0, 0.05) is 16.6 Å². The SMILES string of the molecule is CC(Sc1n[nH]c(-c2ccc(Cl)cc2)n1)C(=O)NC(=O)NC1CC1. The maximum atomic E-state index is 12.0. The minimum Gasteiger partial charge on any atom is -0.335 e. The van der Waals surface area contributed by atoms with E-state index in [1.165, 1.54) is 11.8 Å². The molecule has 3 N–H and O–H groups in total. The Bertz CT molecular complexity index is 745. The van der Waals surface area contributed by atoms with Gasteiger partial charge in [0.05, 0.1) is 5.25 Å². The van der Waals surface area contributed by atoms with Crippen LogP contribution in [0.25, 0.3) is 11.4 Å². The van der Waals surface area contributed by atoms with Crippen molar-refractivity contribution >= 4 is 35.3 Å². The van der Waals surface area contributed by atoms with Crippen LogP contribution in [0.5, 0.6) is 0 Å². The van der Waals surface area contributed by atoms with E-state index in [-0.39, 0.29) is 11.9 Å². The lowest BCUT2D eigenvalue weighted by Gasteiger charge is -2.09. The Morgan fingerprint density at radius 2 is 2.04 bits per heavy atom. The third kappa shape index (κ3) is 4.48. The highest BCUT2D eigenvalue weighted by molar-refractivity contribution is 8.00. The smallest absolute Gasteiger partial charge is 0.321 e. The molecule has 24 heavy (non-hydrogen) atoms. The summed E-state index contributed by atoms with van der Waals surface area (Å²) in [6.07, 6.45) is 1.94. The van der Waals surface area contributed by atoms with Gasteiger partial charge in [0.1, 0.15) is 0 Å². The van der Waals surface area contributed by atoms with Gasteiger partial charge in [-0.2, -0.15) is 0 Å². The lowest BCUT2D eigenvalue weighted by atomic mass is 10.2. The monoisotopic (exact) mass is 365 g/mol. The number of hydrogen-bond acceptors (Lipinski definition) is 5. The summed E-state index contributed by atoms with van der Waals surface area (Å²) in [5.41, 5.74) is 0.847. The maximum Gasteiger partial charge on any atom is 0.321 e. The van der Waals surface area contributed by atoms with E-state index in [9.17, 15) is 9.59 Å². The number of H-pyrrole nitrogens is 1. The van der Waals surface area contributed by atoms with Crippen LogP contribution in [0.3, 0.4) is 0 Å². The zero-order valence-corrected chi connectivity index (χ0v) is 14.4. The third-order valence-electron chi connectivity index (χ3n) is 3.38. The number of rotatable bonds is 5. The third-order valence-corrected chi connectivity index (χ3v) is 4.60. The minimum absolute atomic E-state index is 0.204. The number of urea groups is 1. The van der Waals surface area contributed by atoms with Gasteiger partial charge in [0.25, 0.3) is 0 Å². The number of carbonyl (C=O) groups is 2. The molecular weight excluding hydrogens is 350 g/mol. The van der Waals surface area contributed by atoms with E-state index in [4.69, 9.17) is 11.6 Å². The van der Waals surface area contributed by atoms with Gasteiger partial charge >= 0.3 is 6.03 Å². The first-order chi connectivity index (χ1) is 11.5. The number of nitrogens with zero attached hydrogens (tertiary/aromatic N) is 2. The van der Waals surface area contributed by atoms with Crippen molar-refractivity contribution in [3.8, 4) is 11.4 Å². The van der Waals surface area contributed by atoms with E-state index in [1.54, 1.807) is 19.1 Å². The van der Waals surface area contributed by atoms with E-state index in [0.717, 1.165) is 18.4 Å². The molecule has 1 atom stereocenters. The molecule has 1 unspecified atom stereocenters. The maximum absolute atomic E-state index is 12.0. The Kier molecular flexibility index (Phi) is 5.06. The molecular formula is C15H16ClN5O2S. The van der Waals surface area contributed by atoms with Gasteiger partial charge in [-0.25, -0.2) is 9.78 Å². The Balaban J connectivity index is 1.56. The van der Waals surface area contributed by atoms with E-state index in [2.05, 4.69) is 25.8 Å². The van der Waals surface area contributed by atoms with Crippen LogP contribution in [0.2, 0.25) is 5.02 Å². The zero-order valence-electron chi connectivity index (χ0n) is 12.9. The Morgan fingerprint density at radius 1 is 1.33 bits per heavy atom. The topological polar surface area (TPSA) is 99.8 Å². The van der Waals surface area contributed by atoms with Crippen LogP contribution in [0.15, 0.2) is 29.4 Å². The molecule has 0 spiro atoms. The summed E-state index contributed by atoms with van der Waals surface area (Å²) in [5, 5.41) is 12.5. The number of amides is 3. The molecule has 2 aromatic rings. The number of imide groups is 1. The number of aromatic nitrogens is 3. The highest BCUT2D eigenvalue weighted by Gasteiger charge is 2.25. The number of hydrogen-bond donors (Lipinski definition) is 3. The average molecular weight is 366 g/mol. The predicted molar refractivity (Wildman–Crippen MR) is 91.8 cm³/mol. The quantitative estimate of drug-likeness (QED) is 0.707. The summed E-state index contributed by atoms with van der Waals surface area (Å²) >= 11 is 7.03. The van der Waals surface area contributed by atoms with Crippen molar-refractivity contribution < 1.29 is 9.59 Å². The minimum atomic E-state index is -0.496. The van der Waals surface area contributed by atoms with Crippen molar-refractivity contribution in [2.75, 3.05) is 0 Å². The van der Waals surface area contributed by atoms with Gasteiger partial charge in [-0.05, 0) is 44.0 Å². The summed E-state index contributed by atoms with van der Waals surface area (Å²) in [4.78, 5) is 27.9. The van der Waals surface area contributed by atoms with Crippen molar-refractivity contribution in [3.05, 3.63) is 29.3 Å². The second-order valence-corrected chi connectivity index (χ2v) is 7.21. The molecule has 0 bridgehead atoms. The lowest BCUT2D eigenvalue weighted by molar-refractivity contribution is -0.119. The summed E-state index contributed by atoms with van der Waals surface area (Å²) in [5.74, 6) is 0.212. The molecule has 7 nitrogen and oxygen atoms in total. The van der Waals surface area contributed by atoms with Crippen LogP contribution in [0.4, 0.5) is 4.79 Å². The molecule has 1 fully saturated rings. The standard InChI is InChI=1S/C15H16ClN5O2S/c1-8(13(22)19-14(23)17-11-6-7-11)24-15-18-12(20-21-15)9-2-4-10(16)5-3-9/h2-5,8,11H,6-7H2,1H3,(H,18,20,21)(H2,17,19,22,23). The van der Waals surface area contributed by atoms with Crippen LogP contribution < -0.4 is 10.6 Å². The van der Waals surface area contributed by atoms with Crippen molar-refractivity contribution in [2.45, 2.75) is 36.2 Å². The van der Waals surface area contributed by atoms with Crippen LogP contribution in [-0.4, -0.2) is 38.4 Å². The van der Waals surface area contributed by atoms with Gasteiger partial charge in [-0.1, -0.05) is 23.4 Å². The van der Waals surface area contributed by atoms with E-state index < -0.39 is 11.3 Å². The van der Waals surface area contributed by atoms with Crippen molar-refractivity contribution in [1.29, 1.82) is 0 Å². The molecule has 3 amide bonds. The van der Waals surface area contributed by atoms with E-state index in [0.29, 0.717) is 16.0 Å². The summed E-state index contributed by atoms with van der Waals surface area (Å²) in [6.45, 7) is 1.70. The molecule has 126 valence electrons. The highest BCUT2D eigenvalue weighted by atomic mass is 35.5. The molecule has 1 saturated carbocycles. The Hall–Kier alpha value is -2.06. The van der Waals surface area contributed by atoms with Crippen LogP contribution in [0.1, 0.15) is 19.8 Å². The van der Waals surface area contributed by atoms with E-state index in [1.807, 2.05) is 12.1 Å². The molecule has 1 aliphatic rings. The number of benzene rings is 1. The molecule has 1 aliphatic carbocycles. The van der Waals surface area contributed by atoms with Gasteiger partial charge in [-0.15, -0.1) is 5.10 Å². The number of thioether (sulfide) groups is 1. The molecule has 0 aliphatic heterocycles. The first kappa shape index (κ1) is 16.8. The normalized spacial score (nSPS) is 14.9. The van der Waals surface area contributed by atoms with Crippen LogP contribution >= 0.6 is 23.4 Å². The molecule has 1 aromatic heterocycles. The fraction of sp³-hybridized carbons (Fsp3) is 0.333. The van der Waals surface area contributed by atoms with Gasteiger partial charge < -0.3 is 5.32 Å². The van der Waals surface area contributed by atoms with Crippen LogP contribution in [-0.2, 0) is 4.79 Å². The molecule has 3 rings (SSSR count). The highest BCUT2D eigenvalue weighted by Crippen LogP contribution is 2.23.